The van der Waals surface area contributed by atoms with Gasteiger partial charge in [0.1, 0.15) is 10.9 Å². The number of hydrogen-bond donors (Lipinski definition) is 2. The highest BCUT2D eigenvalue weighted by atomic mass is 32.1. The molecule has 1 aromatic carbocycles. The third-order valence-corrected chi connectivity index (χ3v) is 8.47. The number of ether oxygens (including phenoxy) is 2. The molecule has 11 heteroatoms. The fourth-order valence-electron chi connectivity index (χ4n) is 4.90. The van der Waals surface area contributed by atoms with Gasteiger partial charge in [-0.3, -0.25) is 19.4 Å². The lowest BCUT2D eigenvalue weighted by atomic mass is 10.00. The number of methoxy groups -OCH3 is 2. The summed E-state index contributed by atoms with van der Waals surface area (Å²) in [6, 6.07) is 4.72. The summed E-state index contributed by atoms with van der Waals surface area (Å²) in [5.74, 6) is 0.457. The van der Waals surface area contributed by atoms with E-state index in [0.29, 0.717) is 45.2 Å². The first kappa shape index (κ1) is 31.0. The van der Waals surface area contributed by atoms with Crippen LogP contribution >= 0.6 is 11.3 Å². The van der Waals surface area contributed by atoms with E-state index in [9.17, 15) is 14.4 Å². The number of benzene rings is 1. The number of pyridine rings is 1. The SMILES string of the molecule is COc1cc2cc(c1OC)-c1cncc(c1)C(=O)N[C@H](CC(C)C)C(=O)NCCN(C(=O)c1sc(C(C)C)nc1C)C2. The lowest BCUT2D eigenvalue weighted by Crippen LogP contribution is -2.49. The molecule has 0 fully saturated rings. The van der Waals surface area contributed by atoms with Crippen LogP contribution in [0.4, 0.5) is 0 Å². The number of aryl methyl sites for hydroxylation is 1. The van der Waals surface area contributed by atoms with Gasteiger partial charge >= 0.3 is 0 Å². The fourth-order valence-corrected chi connectivity index (χ4v) is 5.94. The zero-order chi connectivity index (χ0) is 30.6. The van der Waals surface area contributed by atoms with Gasteiger partial charge in [-0.15, -0.1) is 11.3 Å². The molecule has 2 N–H and O–H groups in total. The second kappa shape index (κ2) is 13.3. The highest BCUT2D eigenvalue weighted by Gasteiger charge is 2.27. The van der Waals surface area contributed by atoms with Crippen molar-refractivity contribution in [3.05, 3.63) is 57.3 Å². The number of rotatable bonds is 6. The Labute approximate surface area is 250 Å². The number of nitrogens with one attached hydrogen (secondary N) is 2. The van der Waals surface area contributed by atoms with Gasteiger partial charge in [0.05, 0.1) is 30.5 Å². The van der Waals surface area contributed by atoms with Crippen LogP contribution in [0.25, 0.3) is 11.1 Å². The summed E-state index contributed by atoms with van der Waals surface area (Å²) in [5, 5.41) is 6.72. The van der Waals surface area contributed by atoms with E-state index in [1.165, 1.54) is 17.5 Å². The zero-order valence-electron chi connectivity index (χ0n) is 25.2. The molecule has 2 aromatic heterocycles. The van der Waals surface area contributed by atoms with Crippen molar-refractivity contribution in [1.82, 2.24) is 25.5 Å². The summed E-state index contributed by atoms with van der Waals surface area (Å²) in [6.45, 7) is 10.6. The van der Waals surface area contributed by atoms with E-state index in [0.717, 1.165) is 10.6 Å². The van der Waals surface area contributed by atoms with Gasteiger partial charge in [-0.25, -0.2) is 4.98 Å². The van der Waals surface area contributed by atoms with Crippen molar-refractivity contribution in [2.24, 2.45) is 5.92 Å². The average molecular weight is 594 g/mol. The summed E-state index contributed by atoms with van der Waals surface area (Å²) in [5.41, 5.74) is 3.09. The molecule has 42 heavy (non-hydrogen) atoms. The first-order valence-corrected chi connectivity index (χ1v) is 14.9. The zero-order valence-corrected chi connectivity index (χ0v) is 26.1. The number of carbonyl (C=O) groups is 3. The van der Waals surface area contributed by atoms with Crippen LogP contribution in [0.2, 0.25) is 0 Å². The minimum Gasteiger partial charge on any atom is -0.493 e. The van der Waals surface area contributed by atoms with Crippen molar-refractivity contribution in [2.75, 3.05) is 27.3 Å². The van der Waals surface area contributed by atoms with Gasteiger partial charge in [0, 0.05) is 49.1 Å². The number of aromatic nitrogens is 2. The number of fused-ring (bicyclic) bond motifs is 5. The Bertz CT molecular complexity index is 1470. The van der Waals surface area contributed by atoms with E-state index in [1.807, 2.05) is 46.8 Å². The van der Waals surface area contributed by atoms with E-state index in [-0.39, 0.29) is 43.3 Å². The Hall–Kier alpha value is -3.99. The molecule has 1 atom stereocenters. The molecule has 3 heterocycles. The lowest BCUT2D eigenvalue weighted by Gasteiger charge is -2.25. The molecule has 3 amide bonds. The molecule has 0 unspecified atom stereocenters. The smallest absolute Gasteiger partial charge is 0.266 e. The molecule has 10 nitrogen and oxygen atoms in total. The molecule has 0 aliphatic carbocycles. The summed E-state index contributed by atoms with van der Waals surface area (Å²) in [6.07, 6.45) is 3.57. The Morgan fingerprint density at radius 1 is 1.10 bits per heavy atom. The van der Waals surface area contributed by atoms with Gasteiger partial charge in [-0.1, -0.05) is 27.7 Å². The highest BCUT2D eigenvalue weighted by Crippen LogP contribution is 2.40. The second-order valence-corrected chi connectivity index (χ2v) is 12.2. The first-order valence-electron chi connectivity index (χ1n) is 14.1. The molecule has 0 spiro atoms. The molecule has 0 saturated heterocycles. The standard InChI is InChI=1S/C31H39N5O5S/c1-17(2)10-24-29(38)33-8-9-36(31(39)27-19(5)34-30(42-27)18(3)4)16-20-11-23(26(41-7)25(12-20)40-6)21-13-22(15-32-14-21)28(37)35-24/h11-15,17-18,24H,8-10,16H2,1-7H3,(H,33,38)(H,35,37)/t24-/m1/s1. The topological polar surface area (TPSA) is 123 Å². The number of amides is 3. The largest absolute Gasteiger partial charge is 0.493 e. The summed E-state index contributed by atoms with van der Waals surface area (Å²) < 4.78 is 11.4. The maximum atomic E-state index is 14.0. The molecular weight excluding hydrogens is 554 g/mol. The highest BCUT2D eigenvalue weighted by molar-refractivity contribution is 7.13. The summed E-state index contributed by atoms with van der Waals surface area (Å²) in [7, 11) is 3.10. The Morgan fingerprint density at radius 2 is 1.83 bits per heavy atom. The van der Waals surface area contributed by atoms with Crippen molar-refractivity contribution >= 4 is 29.1 Å². The Morgan fingerprint density at radius 3 is 2.48 bits per heavy atom. The molecule has 4 rings (SSSR count). The molecule has 0 saturated carbocycles. The van der Waals surface area contributed by atoms with Crippen molar-refractivity contribution in [3.8, 4) is 22.6 Å². The third-order valence-electron chi connectivity index (χ3n) is 7.02. The van der Waals surface area contributed by atoms with Gasteiger partial charge in [-0.2, -0.15) is 0 Å². The van der Waals surface area contributed by atoms with Crippen LogP contribution in [-0.2, 0) is 11.3 Å². The van der Waals surface area contributed by atoms with Crippen molar-refractivity contribution in [1.29, 1.82) is 0 Å². The average Bonchev–Trinajstić information content (AvgIpc) is 3.36. The van der Waals surface area contributed by atoms with Gasteiger partial charge in [-0.05, 0) is 43.0 Å². The molecule has 224 valence electrons. The number of thiazole rings is 1. The van der Waals surface area contributed by atoms with Crippen LogP contribution in [0.3, 0.4) is 0 Å². The van der Waals surface area contributed by atoms with Crippen LogP contribution in [-0.4, -0.2) is 65.9 Å². The maximum absolute atomic E-state index is 14.0. The van der Waals surface area contributed by atoms with E-state index in [2.05, 4.69) is 20.6 Å². The normalized spacial score (nSPS) is 16.0. The second-order valence-electron chi connectivity index (χ2n) is 11.1. The van der Waals surface area contributed by atoms with Crippen LogP contribution in [0.1, 0.15) is 76.3 Å². The quantitative estimate of drug-likeness (QED) is 0.429. The number of carbonyl (C=O) groups excluding carboxylic acids is 3. The molecule has 1 aliphatic heterocycles. The van der Waals surface area contributed by atoms with Crippen LogP contribution in [0.15, 0.2) is 30.6 Å². The van der Waals surface area contributed by atoms with Crippen LogP contribution < -0.4 is 20.1 Å². The molecule has 1 aliphatic rings. The molecule has 3 aromatic rings. The van der Waals surface area contributed by atoms with E-state index in [4.69, 9.17) is 9.47 Å². The monoisotopic (exact) mass is 593 g/mol. The predicted octanol–water partition coefficient (Wildman–Crippen LogP) is 4.57. The van der Waals surface area contributed by atoms with Crippen molar-refractivity contribution in [3.63, 3.8) is 0 Å². The van der Waals surface area contributed by atoms with Crippen molar-refractivity contribution in [2.45, 2.75) is 59.5 Å². The van der Waals surface area contributed by atoms with E-state index < -0.39 is 11.9 Å². The van der Waals surface area contributed by atoms with Gasteiger partial charge in [0.15, 0.2) is 11.5 Å². The minimum atomic E-state index is -0.747. The van der Waals surface area contributed by atoms with Crippen LogP contribution in [0, 0.1) is 12.8 Å². The van der Waals surface area contributed by atoms with Crippen LogP contribution in [0.5, 0.6) is 11.5 Å². The van der Waals surface area contributed by atoms with E-state index in [1.54, 1.807) is 31.4 Å². The Balaban J connectivity index is 1.83. The fraction of sp³-hybridized carbons (Fsp3) is 0.452. The first-order chi connectivity index (χ1) is 20.0. The molecule has 0 radical (unpaired) electrons. The lowest BCUT2D eigenvalue weighted by molar-refractivity contribution is -0.123. The van der Waals surface area contributed by atoms with Gasteiger partial charge in [0.2, 0.25) is 5.91 Å². The predicted molar refractivity (Wildman–Crippen MR) is 162 cm³/mol. The molecular formula is C31H39N5O5S. The van der Waals surface area contributed by atoms with Crippen molar-refractivity contribution < 1.29 is 23.9 Å². The third kappa shape index (κ3) is 6.89. The number of nitrogens with zero attached hydrogens (tertiary/aromatic N) is 3. The van der Waals surface area contributed by atoms with Gasteiger partial charge < -0.3 is 25.0 Å². The summed E-state index contributed by atoms with van der Waals surface area (Å²) in [4.78, 5) is 51.7. The molecule has 4 bridgehead atoms. The minimum absolute atomic E-state index is 0.160. The number of hydrogen-bond acceptors (Lipinski definition) is 8. The Kier molecular flexibility index (Phi) is 9.82. The maximum Gasteiger partial charge on any atom is 0.266 e. The van der Waals surface area contributed by atoms with E-state index >= 15 is 0 Å². The van der Waals surface area contributed by atoms with Gasteiger partial charge in [0.25, 0.3) is 11.8 Å². The summed E-state index contributed by atoms with van der Waals surface area (Å²) >= 11 is 1.40.